The molecule has 84 valence electrons. The molecule has 0 saturated carbocycles. The van der Waals surface area contributed by atoms with E-state index in [1.54, 1.807) is 27.1 Å². The zero-order chi connectivity index (χ0) is 12.0. The lowest BCUT2D eigenvalue weighted by Gasteiger charge is -2.02. The first-order valence-corrected chi connectivity index (χ1v) is 4.72. The second-order valence-corrected chi connectivity index (χ2v) is 3.71. The third kappa shape index (κ3) is 1.23. The number of carbonyl (C=O) groups is 1. The molecule has 0 aliphatic carbocycles. The number of carboxylic acids is 1. The van der Waals surface area contributed by atoms with Crippen LogP contribution in [0.1, 0.15) is 21.7 Å². The van der Waals surface area contributed by atoms with Crippen molar-refractivity contribution < 1.29 is 9.90 Å². The van der Waals surface area contributed by atoms with Gasteiger partial charge in [-0.15, -0.1) is 0 Å². The molecule has 0 saturated heterocycles. The summed E-state index contributed by atoms with van der Waals surface area (Å²) in [6.45, 7) is 3.35. The summed E-state index contributed by atoms with van der Waals surface area (Å²) in [5.74, 6) is -1.13. The highest BCUT2D eigenvalue weighted by Crippen LogP contribution is 2.13. The van der Waals surface area contributed by atoms with Gasteiger partial charge in [0, 0.05) is 13.2 Å². The summed E-state index contributed by atoms with van der Waals surface area (Å²) in [4.78, 5) is 22.9. The molecule has 0 fully saturated rings. The number of aromatic carboxylic acids is 1. The SMILES string of the molecule is Cc1nn2c(C)cn(C)c(=O)c2c1C(=O)O. The second kappa shape index (κ2) is 3.19. The van der Waals surface area contributed by atoms with Crippen molar-refractivity contribution in [2.45, 2.75) is 13.8 Å². The zero-order valence-electron chi connectivity index (χ0n) is 9.18. The molecule has 6 nitrogen and oxygen atoms in total. The maximum absolute atomic E-state index is 11.9. The molecule has 0 spiro atoms. The largest absolute Gasteiger partial charge is 0.478 e. The average Bonchev–Trinajstić information content (AvgIpc) is 2.53. The van der Waals surface area contributed by atoms with E-state index in [1.807, 2.05) is 0 Å². The number of aryl methyl sites for hydroxylation is 3. The van der Waals surface area contributed by atoms with E-state index >= 15 is 0 Å². The van der Waals surface area contributed by atoms with E-state index in [0.717, 1.165) is 0 Å². The molecule has 0 radical (unpaired) electrons. The van der Waals surface area contributed by atoms with Crippen molar-refractivity contribution in [1.82, 2.24) is 14.2 Å². The van der Waals surface area contributed by atoms with Crippen LogP contribution in [0.3, 0.4) is 0 Å². The third-order valence-corrected chi connectivity index (χ3v) is 2.51. The molecule has 0 aliphatic rings. The van der Waals surface area contributed by atoms with Gasteiger partial charge in [-0.25, -0.2) is 9.31 Å². The Labute approximate surface area is 90.7 Å². The minimum atomic E-state index is -1.13. The molecule has 0 bridgehead atoms. The van der Waals surface area contributed by atoms with Crippen molar-refractivity contribution in [2.24, 2.45) is 7.05 Å². The van der Waals surface area contributed by atoms with E-state index in [0.29, 0.717) is 11.4 Å². The Bertz CT molecular complexity index is 651. The summed E-state index contributed by atoms with van der Waals surface area (Å²) in [7, 11) is 1.59. The molecular formula is C10H11N3O3. The van der Waals surface area contributed by atoms with Gasteiger partial charge in [-0.3, -0.25) is 4.79 Å². The van der Waals surface area contributed by atoms with Gasteiger partial charge in [0.05, 0.1) is 11.4 Å². The second-order valence-electron chi connectivity index (χ2n) is 3.71. The molecule has 0 aromatic carbocycles. The van der Waals surface area contributed by atoms with Gasteiger partial charge in [0.25, 0.3) is 5.56 Å². The van der Waals surface area contributed by atoms with Gasteiger partial charge < -0.3 is 9.67 Å². The Hall–Kier alpha value is -2.11. The molecule has 2 aromatic rings. The molecule has 16 heavy (non-hydrogen) atoms. The zero-order valence-corrected chi connectivity index (χ0v) is 9.18. The van der Waals surface area contributed by atoms with Crippen LogP contribution >= 0.6 is 0 Å². The predicted molar refractivity (Wildman–Crippen MR) is 56.9 cm³/mol. The lowest BCUT2D eigenvalue weighted by molar-refractivity contribution is 0.0698. The number of fused-ring (bicyclic) bond motifs is 1. The Morgan fingerprint density at radius 3 is 2.62 bits per heavy atom. The van der Waals surface area contributed by atoms with Crippen molar-refractivity contribution in [1.29, 1.82) is 0 Å². The van der Waals surface area contributed by atoms with E-state index in [9.17, 15) is 9.59 Å². The van der Waals surface area contributed by atoms with Gasteiger partial charge in [0.2, 0.25) is 0 Å². The van der Waals surface area contributed by atoms with Crippen LogP contribution in [0.15, 0.2) is 11.0 Å². The number of rotatable bonds is 1. The lowest BCUT2D eigenvalue weighted by atomic mass is 10.2. The van der Waals surface area contributed by atoms with Crippen LogP contribution in [0.2, 0.25) is 0 Å². The normalized spacial score (nSPS) is 10.9. The van der Waals surface area contributed by atoms with Crippen molar-refractivity contribution >= 4 is 11.5 Å². The highest BCUT2D eigenvalue weighted by atomic mass is 16.4. The lowest BCUT2D eigenvalue weighted by Crippen LogP contribution is -2.21. The Kier molecular flexibility index (Phi) is 2.08. The fraction of sp³-hybridized carbons (Fsp3) is 0.300. The van der Waals surface area contributed by atoms with Crippen molar-refractivity contribution in [3.8, 4) is 0 Å². The number of hydrogen-bond donors (Lipinski definition) is 1. The maximum atomic E-state index is 11.9. The quantitative estimate of drug-likeness (QED) is 0.753. The Morgan fingerprint density at radius 1 is 1.44 bits per heavy atom. The highest BCUT2D eigenvalue weighted by Gasteiger charge is 2.20. The van der Waals surface area contributed by atoms with Crippen LogP contribution in [0.5, 0.6) is 0 Å². The van der Waals surface area contributed by atoms with Crippen molar-refractivity contribution in [3.63, 3.8) is 0 Å². The summed E-state index contributed by atoms with van der Waals surface area (Å²) in [5.41, 5.74) is 0.798. The van der Waals surface area contributed by atoms with Gasteiger partial charge in [-0.1, -0.05) is 0 Å². The predicted octanol–water partition coefficient (Wildman–Crippen LogP) is 0.348. The van der Waals surface area contributed by atoms with E-state index < -0.39 is 5.97 Å². The van der Waals surface area contributed by atoms with Crippen LogP contribution in [0.25, 0.3) is 5.52 Å². The minimum absolute atomic E-state index is 0.0238. The average molecular weight is 221 g/mol. The molecule has 2 rings (SSSR count). The number of aromatic nitrogens is 3. The molecule has 6 heteroatoms. The first-order valence-electron chi connectivity index (χ1n) is 4.72. The van der Waals surface area contributed by atoms with Gasteiger partial charge >= 0.3 is 5.97 Å². The third-order valence-electron chi connectivity index (χ3n) is 2.51. The fourth-order valence-electron chi connectivity index (χ4n) is 1.80. The first kappa shape index (κ1) is 10.4. The Balaban J connectivity index is 3.09. The molecule has 1 N–H and O–H groups in total. The van der Waals surface area contributed by atoms with Crippen molar-refractivity contribution in [3.05, 3.63) is 33.5 Å². The maximum Gasteiger partial charge on any atom is 0.340 e. The summed E-state index contributed by atoms with van der Waals surface area (Å²) in [6.07, 6.45) is 1.62. The molecule has 0 amide bonds. The van der Waals surface area contributed by atoms with Crippen molar-refractivity contribution in [2.75, 3.05) is 0 Å². The van der Waals surface area contributed by atoms with Crippen LogP contribution in [-0.2, 0) is 7.05 Å². The van der Waals surface area contributed by atoms with Crippen LogP contribution in [0, 0.1) is 13.8 Å². The van der Waals surface area contributed by atoms with Crippen LogP contribution in [0.4, 0.5) is 0 Å². The summed E-state index contributed by atoms with van der Waals surface area (Å²) in [5, 5.41) is 13.1. The molecule has 0 aliphatic heterocycles. The topological polar surface area (TPSA) is 76.6 Å². The van der Waals surface area contributed by atoms with Crippen LogP contribution < -0.4 is 5.56 Å². The smallest absolute Gasteiger partial charge is 0.340 e. The van der Waals surface area contributed by atoms with Crippen LogP contribution in [-0.4, -0.2) is 25.3 Å². The summed E-state index contributed by atoms with van der Waals surface area (Å²) < 4.78 is 2.74. The van der Waals surface area contributed by atoms with E-state index in [4.69, 9.17) is 5.11 Å². The van der Waals surface area contributed by atoms with Gasteiger partial charge in [-0.2, -0.15) is 5.10 Å². The fourth-order valence-corrected chi connectivity index (χ4v) is 1.80. The number of carboxylic acid groups (broad SMARTS) is 1. The standard InChI is InChI=1S/C10H11N3O3/c1-5-4-12(3)9(14)8-7(10(15)16)6(2)11-13(5)8/h4H,1-3H3,(H,15,16). The van der Waals surface area contributed by atoms with E-state index in [2.05, 4.69) is 5.10 Å². The molecule has 2 aromatic heterocycles. The number of hydrogen-bond acceptors (Lipinski definition) is 3. The highest BCUT2D eigenvalue weighted by molar-refractivity contribution is 5.96. The molecule has 2 heterocycles. The number of nitrogens with zero attached hydrogens (tertiary/aromatic N) is 3. The van der Waals surface area contributed by atoms with Gasteiger partial charge in [0.15, 0.2) is 0 Å². The molecule has 0 atom stereocenters. The minimum Gasteiger partial charge on any atom is -0.478 e. The molecule has 0 unspecified atom stereocenters. The van der Waals surface area contributed by atoms with Gasteiger partial charge in [-0.05, 0) is 13.8 Å². The van der Waals surface area contributed by atoms with Gasteiger partial charge in [0.1, 0.15) is 11.1 Å². The van der Waals surface area contributed by atoms with E-state index in [-0.39, 0.29) is 16.6 Å². The Morgan fingerprint density at radius 2 is 2.06 bits per heavy atom. The summed E-state index contributed by atoms with van der Waals surface area (Å²) >= 11 is 0. The first-order chi connectivity index (χ1) is 7.43. The monoisotopic (exact) mass is 221 g/mol. The summed E-state index contributed by atoms with van der Waals surface area (Å²) in [6, 6.07) is 0. The molecular weight excluding hydrogens is 210 g/mol. The van der Waals surface area contributed by atoms with E-state index in [1.165, 1.54) is 9.08 Å².